The molecule has 33 heavy (non-hydrogen) atoms. The van der Waals surface area contributed by atoms with Crippen LogP contribution in [0.2, 0.25) is 0 Å². The van der Waals surface area contributed by atoms with Gasteiger partial charge in [0, 0.05) is 25.9 Å². The SMILES string of the molecule is O=C(COc1ccccc1Cc1ccccc1)NC(Cc1ccccc1)C(=O)N1CCCC1. The van der Waals surface area contributed by atoms with Crippen molar-refractivity contribution in [2.24, 2.45) is 0 Å². The van der Waals surface area contributed by atoms with E-state index in [2.05, 4.69) is 17.4 Å². The number of amides is 2. The van der Waals surface area contributed by atoms with Crippen LogP contribution in [0.1, 0.15) is 29.5 Å². The fourth-order valence-corrected chi connectivity index (χ4v) is 4.19. The van der Waals surface area contributed by atoms with Gasteiger partial charge in [0.05, 0.1) is 0 Å². The topological polar surface area (TPSA) is 58.6 Å². The molecule has 5 heteroatoms. The summed E-state index contributed by atoms with van der Waals surface area (Å²) in [7, 11) is 0. The van der Waals surface area contributed by atoms with E-state index < -0.39 is 6.04 Å². The Hall–Kier alpha value is -3.60. The number of carbonyl (C=O) groups is 2. The van der Waals surface area contributed by atoms with Crippen LogP contribution in [0.5, 0.6) is 5.75 Å². The number of nitrogens with one attached hydrogen (secondary N) is 1. The first kappa shape index (κ1) is 22.6. The van der Waals surface area contributed by atoms with Gasteiger partial charge in [-0.2, -0.15) is 0 Å². The predicted octanol–water partition coefficient (Wildman–Crippen LogP) is 4.01. The fourth-order valence-electron chi connectivity index (χ4n) is 4.19. The maximum absolute atomic E-state index is 13.1. The quantitative estimate of drug-likeness (QED) is 0.545. The normalized spacial score (nSPS) is 14.0. The molecule has 0 aromatic heterocycles. The summed E-state index contributed by atoms with van der Waals surface area (Å²) in [6.07, 6.45) is 3.22. The minimum Gasteiger partial charge on any atom is -0.483 e. The molecular formula is C28H30N2O3. The van der Waals surface area contributed by atoms with Gasteiger partial charge in [-0.25, -0.2) is 0 Å². The zero-order valence-corrected chi connectivity index (χ0v) is 18.8. The largest absolute Gasteiger partial charge is 0.483 e. The van der Waals surface area contributed by atoms with Crippen molar-refractivity contribution in [3.63, 3.8) is 0 Å². The Morgan fingerprint density at radius 1 is 0.818 bits per heavy atom. The van der Waals surface area contributed by atoms with Crippen molar-refractivity contribution < 1.29 is 14.3 Å². The second-order valence-corrected chi connectivity index (χ2v) is 8.40. The average Bonchev–Trinajstić information content (AvgIpc) is 3.39. The summed E-state index contributed by atoms with van der Waals surface area (Å²) in [5.41, 5.74) is 3.21. The van der Waals surface area contributed by atoms with Crippen molar-refractivity contribution in [3.05, 3.63) is 102 Å². The monoisotopic (exact) mass is 442 g/mol. The molecule has 170 valence electrons. The molecular weight excluding hydrogens is 412 g/mol. The summed E-state index contributed by atoms with van der Waals surface area (Å²) in [6, 6.07) is 27.1. The van der Waals surface area contributed by atoms with E-state index in [4.69, 9.17) is 4.74 Å². The van der Waals surface area contributed by atoms with Gasteiger partial charge < -0.3 is 15.0 Å². The molecule has 3 aromatic carbocycles. The Morgan fingerprint density at radius 2 is 1.42 bits per heavy atom. The van der Waals surface area contributed by atoms with Crippen LogP contribution in [-0.2, 0) is 22.4 Å². The van der Waals surface area contributed by atoms with Crippen LogP contribution in [0, 0.1) is 0 Å². The number of carbonyl (C=O) groups excluding carboxylic acids is 2. The van der Waals surface area contributed by atoms with Gasteiger partial charge in [0.15, 0.2) is 6.61 Å². The minimum atomic E-state index is -0.596. The zero-order chi connectivity index (χ0) is 22.9. The van der Waals surface area contributed by atoms with Crippen molar-refractivity contribution in [2.75, 3.05) is 19.7 Å². The number of para-hydroxylation sites is 1. The summed E-state index contributed by atoms with van der Waals surface area (Å²) < 4.78 is 5.89. The molecule has 1 heterocycles. The summed E-state index contributed by atoms with van der Waals surface area (Å²) in [5.74, 6) is 0.370. The summed E-state index contributed by atoms with van der Waals surface area (Å²) in [6.45, 7) is 1.37. The molecule has 0 aliphatic carbocycles. The first-order valence-electron chi connectivity index (χ1n) is 11.6. The molecule has 1 aliphatic heterocycles. The highest BCUT2D eigenvalue weighted by molar-refractivity contribution is 5.88. The number of ether oxygens (including phenoxy) is 1. The number of nitrogens with zero attached hydrogens (tertiary/aromatic N) is 1. The number of benzene rings is 3. The number of rotatable bonds is 9. The molecule has 4 rings (SSSR count). The van der Waals surface area contributed by atoms with Gasteiger partial charge in [-0.1, -0.05) is 78.9 Å². The Labute approximate surface area is 195 Å². The molecule has 5 nitrogen and oxygen atoms in total. The molecule has 0 spiro atoms. The van der Waals surface area contributed by atoms with Gasteiger partial charge in [-0.05, 0) is 35.6 Å². The summed E-state index contributed by atoms with van der Waals surface area (Å²) in [5, 5.41) is 2.93. The third-order valence-corrected chi connectivity index (χ3v) is 5.90. The highest BCUT2D eigenvalue weighted by atomic mass is 16.5. The molecule has 2 amide bonds. The first-order chi connectivity index (χ1) is 16.2. The van der Waals surface area contributed by atoms with Crippen molar-refractivity contribution in [3.8, 4) is 5.75 Å². The Bertz CT molecular complexity index is 1050. The van der Waals surface area contributed by atoms with Crippen LogP contribution in [0.25, 0.3) is 0 Å². The summed E-state index contributed by atoms with van der Waals surface area (Å²) in [4.78, 5) is 27.7. The lowest BCUT2D eigenvalue weighted by Crippen LogP contribution is -2.50. The lowest BCUT2D eigenvalue weighted by atomic mass is 10.0. The fraction of sp³-hybridized carbons (Fsp3) is 0.286. The third kappa shape index (κ3) is 6.45. The van der Waals surface area contributed by atoms with Gasteiger partial charge in [-0.3, -0.25) is 9.59 Å². The molecule has 1 fully saturated rings. The molecule has 1 atom stereocenters. The molecule has 1 aliphatic rings. The maximum atomic E-state index is 13.1. The van der Waals surface area contributed by atoms with Gasteiger partial charge in [0.1, 0.15) is 11.8 Å². The van der Waals surface area contributed by atoms with Crippen LogP contribution in [0.15, 0.2) is 84.9 Å². The van der Waals surface area contributed by atoms with E-state index >= 15 is 0 Å². The van der Waals surface area contributed by atoms with E-state index in [1.165, 1.54) is 5.56 Å². The van der Waals surface area contributed by atoms with E-state index in [1.807, 2.05) is 77.7 Å². The van der Waals surface area contributed by atoms with Gasteiger partial charge in [-0.15, -0.1) is 0 Å². The second kappa shape index (κ2) is 11.3. The van der Waals surface area contributed by atoms with Gasteiger partial charge >= 0.3 is 0 Å². The third-order valence-electron chi connectivity index (χ3n) is 5.90. The standard InChI is InChI=1S/C28H30N2O3/c31-27(21-33-26-16-8-7-15-24(26)19-22-11-3-1-4-12-22)29-25(20-23-13-5-2-6-14-23)28(32)30-17-9-10-18-30/h1-8,11-16,25H,9-10,17-21H2,(H,29,31). The molecule has 1 saturated heterocycles. The predicted molar refractivity (Wildman–Crippen MR) is 129 cm³/mol. The Kier molecular flexibility index (Phi) is 7.75. The van der Waals surface area contributed by atoms with E-state index in [-0.39, 0.29) is 18.4 Å². The molecule has 0 radical (unpaired) electrons. The molecule has 0 saturated carbocycles. The van der Waals surface area contributed by atoms with Crippen LogP contribution in [0.4, 0.5) is 0 Å². The maximum Gasteiger partial charge on any atom is 0.258 e. The van der Waals surface area contributed by atoms with E-state index in [0.29, 0.717) is 12.2 Å². The highest BCUT2D eigenvalue weighted by Gasteiger charge is 2.28. The minimum absolute atomic E-state index is 0.0193. The lowest BCUT2D eigenvalue weighted by Gasteiger charge is -2.24. The van der Waals surface area contributed by atoms with Crippen molar-refractivity contribution in [2.45, 2.75) is 31.7 Å². The van der Waals surface area contributed by atoms with Crippen molar-refractivity contribution in [1.29, 1.82) is 0 Å². The smallest absolute Gasteiger partial charge is 0.258 e. The van der Waals surface area contributed by atoms with Crippen LogP contribution >= 0.6 is 0 Å². The lowest BCUT2D eigenvalue weighted by molar-refractivity contribution is -0.136. The van der Waals surface area contributed by atoms with Crippen LogP contribution in [0.3, 0.4) is 0 Å². The molecule has 1 N–H and O–H groups in total. The number of hydrogen-bond donors (Lipinski definition) is 1. The first-order valence-corrected chi connectivity index (χ1v) is 11.6. The van der Waals surface area contributed by atoms with Crippen LogP contribution < -0.4 is 10.1 Å². The molecule has 3 aromatic rings. The van der Waals surface area contributed by atoms with Crippen LogP contribution in [-0.4, -0.2) is 42.5 Å². The van der Waals surface area contributed by atoms with Gasteiger partial charge in [0.2, 0.25) is 5.91 Å². The number of likely N-dealkylation sites (tertiary alicyclic amines) is 1. The van der Waals surface area contributed by atoms with E-state index in [0.717, 1.165) is 43.5 Å². The number of hydrogen-bond acceptors (Lipinski definition) is 3. The van der Waals surface area contributed by atoms with Crippen molar-refractivity contribution in [1.82, 2.24) is 10.2 Å². The molecule has 0 bridgehead atoms. The highest BCUT2D eigenvalue weighted by Crippen LogP contribution is 2.21. The zero-order valence-electron chi connectivity index (χ0n) is 18.8. The Morgan fingerprint density at radius 3 is 2.12 bits per heavy atom. The van der Waals surface area contributed by atoms with Gasteiger partial charge in [0.25, 0.3) is 5.91 Å². The second-order valence-electron chi connectivity index (χ2n) is 8.40. The van der Waals surface area contributed by atoms with E-state index in [9.17, 15) is 9.59 Å². The Balaban J connectivity index is 1.40. The van der Waals surface area contributed by atoms with Crippen molar-refractivity contribution >= 4 is 11.8 Å². The average molecular weight is 443 g/mol. The molecule has 1 unspecified atom stereocenters. The summed E-state index contributed by atoms with van der Waals surface area (Å²) >= 11 is 0. The van der Waals surface area contributed by atoms with E-state index in [1.54, 1.807) is 0 Å².